The molecule has 2 aliphatic rings. The summed E-state index contributed by atoms with van der Waals surface area (Å²) < 4.78 is 11.8. The first-order valence-electron chi connectivity index (χ1n) is 4.94. The van der Waals surface area contributed by atoms with E-state index < -0.39 is 22.3 Å². The number of aliphatic carboxylic acids is 1. The Bertz CT molecular complexity index is 276. The molecule has 2 rings (SSSR count). The molecule has 2 fully saturated rings. The van der Waals surface area contributed by atoms with E-state index in [1.807, 2.05) is 0 Å². The summed E-state index contributed by atoms with van der Waals surface area (Å²) in [5, 5.41) is 9.05. The topological polar surface area (TPSA) is 80.4 Å². The van der Waals surface area contributed by atoms with E-state index in [1.54, 1.807) is 0 Å². The van der Waals surface area contributed by atoms with Gasteiger partial charge in [0.25, 0.3) is 0 Å². The van der Waals surface area contributed by atoms with Gasteiger partial charge >= 0.3 is 5.97 Å². The van der Waals surface area contributed by atoms with Crippen LogP contribution in [-0.4, -0.2) is 31.3 Å². The van der Waals surface area contributed by atoms with Crippen LogP contribution in [0.15, 0.2) is 0 Å². The van der Waals surface area contributed by atoms with Gasteiger partial charge in [0, 0.05) is 21.3 Å². The molecular weight excluding hydrogens is 202 g/mol. The summed E-state index contributed by atoms with van der Waals surface area (Å²) in [6.45, 7) is 0. The molecule has 0 amide bonds. The molecule has 0 aromatic heterocycles. The van der Waals surface area contributed by atoms with Crippen LogP contribution in [0.5, 0.6) is 0 Å². The zero-order chi connectivity index (χ0) is 10.3. The molecule has 5 heteroatoms. The van der Waals surface area contributed by atoms with Gasteiger partial charge in [-0.05, 0) is 25.7 Å². The molecule has 2 unspecified atom stereocenters. The van der Waals surface area contributed by atoms with Gasteiger partial charge in [0.05, 0.1) is 0 Å². The van der Waals surface area contributed by atoms with Crippen LogP contribution < -0.4 is 5.73 Å². The van der Waals surface area contributed by atoms with E-state index in [4.69, 9.17) is 10.8 Å². The summed E-state index contributed by atoms with van der Waals surface area (Å²) in [7, 11) is -0.842. The van der Waals surface area contributed by atoms with Crippen LogP contribution in [0.4, 0.5) is 0 Å². The molecule has 2 heterocycles. The van der Waals surface area contributed by atoms with Crippen LogP contribution >= 0.6 is 0 Å². The van der Waals surface area contributed by atoms with Gasteiger partial charge < -0.3 is 10.8 Å². The van der Waals surface area contributed by atoms with E-state index in [1.165, 1.54) is 0 Å². The van der Waals surface area contributed by atoms with E-state index in [0.29, 0.717) is 12.8 Å². The largest absolute Gasteiger partial charge is 0.480 e. The molecule has 2 bridgehead atoms. The quantitative estimate of drug-likeness (QED) is 0.659. The van der Waals surface area contributed by atoms with Gasteiger partial charge in [-0.25, -0.2) is 0 Å². The second-order valence-corrected chi connectivity index (χ2v) is 6.36. The average Bonchev–Trinajstić information content (AvgIpc) is 2.07. The molecule has 2 aliphatic heterocycles. The lowest BCUT2D eigenvalue weighted by Crippen LogP contribution is -2.58. The number of carboxylic acid groups (broad SMARTS) is 1. The van der Waals surface area contributed by atoms with Crippen molar-refractivity contribution in [2.75, 3.05) is 0 Å². The molecule has 0 aliphatic carbocycles. The molecule has 3 N–H and O–H groups in total. The summed E-state index contributed by atoms with van der Waals surface area (Å²) in [5.74, 6) is -0.939. The number of hydrogen-bond donors (Lipinski definition) is 2. The highest BCUT2D eigenvalue weighted by Gasteiger charge is 2.48. The second kappa shape index (κ2) is 3.31. The van der Waals surface area contributed by atoms with Crippen LogP contribution in [-0.2, 0) is 15.6 Å². The fourth-order valence-corrected chi connectivity index (χ4v) is 4.78. The Hall–Kier alpha value is -0.420. The summed E-state index contributed by atoms with van der Waals surface area (Å²) in [5.41, 5.74) is 4.70. The third-order valence-electron chi connectivity index (χ3n) is 3.32. The van der Waals surface area contributed by atoms with E-state index in [9.17, 15) is 9.00 Å². The van der Waals surface area contributed by atoms with Crippen molar-refractivity contribution in [3.05, 3.63) is 0 Å². The highest BCUT2D eigenvalue weighted by Crippen LogP contribution is 2.38. The first kappa shape index (κ1) is 10.1. The molecule has 14 heavy (non-hydrogen) atoms. The first-order valence-corrected chi connectivity index (χ1v) is 6.22. The van der Waals surface area contributed by atoms with Gasteiger partial charge in [0.15, 0.2) is 0 Å². The van der Waals surface area contributed by atoms with Crippen molar-refractivity contribution in [2.24, 2.45) is 5.73 Å². The van der Waals surface area contributed by atoms with Gasteiger partial charge in [-0.1, -0.05) is 6.42 Å². The average molecular weight is 217 g/mol. The lowest BCUT2D eigenvalue weighted by molar-refractivity contribution is -0.144. The number of nitrogens with two attached hydrogens (primary N) is 1. The molecule has 4 nitrogen and oxygen atoms in total. The van der Waals surface area contributed by atoms with Crippen molar-refractivity contribution in [1.82, 2.24) is 0 Å². The maximum Gasteiger partial charge on any atom is 0.323 e. The Morgan fingerprint density at radius 1 is 1.36 bits per heavy atom. The highest BCUT2D eigenvalue weighted by atomic mass is 32.2. The third-order valence-corrected chi connectivity index (χ3v) is 5.44. The summed E-state index contributed by atoms with van der Waals surface area (Å²) in [6, 6.07) is 0. The summed E-state index contributed by atoms with van der Waals surface area (Å²) in [6.07, 6.45) is 3.57. The summed E-state index contributed by atoms with van der Waals surface area (Å²) in [4.78, 5) is 11.0. The molecule has 0 spiro atoms. The molecular formula is C9H15NO3S. The van der Waals surface area contributed by atoms with Crippen molar-refractivity contribution >= 4 is 16.8 Å². The van der Waals surface area contributed by atoms with Crippen molar-refractivity contribution in [3.63, 3.8) is 0 Å². The van der Waals surface area contributed by atoms with Crippen LogP contribution in [0, 0.1) is 0 Å². The Kier molecular flexibility index (Phi) is 2.39. The maximum atomic E-state index is 11.8. The van der Waals surface area contributed by atoms with Crippen LogP contribution in [0.1, 0.15) is 32.1 Å². The fourth-order valence-electron chi connectivity index (χ4n) is 2.52. The molecule has 0 aromatic rings. The number of fused-ring (bicyclic) bond motifs is 2. The minimum Gasteiger partial charge on any atom is -0.480 e. The lowest BCUT2D eigenvalue weighted by atomic mass is 9.83. The predicted molar refractivity (Wildman–Crippen MR) is 53.4 cm³/mol. The lowest BCUT2D eigenvalue weighted by Gasteiger charge is -2.41. The van der Waals surface area contributed by atoms with Gasteiger partial charge in [0.2, 0.25) is 0 Å². The Balaban J connectivity index is 2.22. The van der Waals surface area contributed by atoms with E-state index in [2.05, 4.69) is 0 Å². The zero-order valence-corrected chi connectivity index (χ0v) is 8.76. The highest BCUT2D eigenvalue weighted by molar-refractivity contribution is 7.86. The molecule has 80 valence electrons. The van der Waals surface area contributed by atoms with E-state index >= 15 is 0 Å². The Labute approximate surface area is 85.3 Å². The molecule has 0 saturated carbocycles. The molecule has 0 radical (unpaired) electrons. The standard InChI is InChI=1S/C9H15NO3S/c10-9(8(11)12)4-6-2-1-3-7(5-9)14(6)13/h6-7H,1-5,10H2,(H,11,12). The fraction of sp³-hybridized carbons (Fsp3) is 0.889. The van der Waals surface area contributed by atoms with Crippen LogP contribution in [0.2, 0.25) is 0 Å². The second-order valence-electron chi connectivity index (χ2n) is 4.37. The van der Waals surface area contributed by atoms with Gasteiger partial charge in [-0.15, -0.1) is 0 Å². The number of carbonyl (C=O) groups is 1. The van der Waals surface area contributed by atoms with Crippen molar-refractivity contribution in [2.45, 2.75) is 48.1 Å². The van der Waals surface area contributed by atoms with Crippen molar-refractivity contribution < 1.29 is 14.1 Å². The monoisotopic (exact) mass is 217 g/mol. The van der Waals surface area contributed by atoms with Crippen molar-refractivity contribution in [3.8, 4) is 0 Å². The normalized spacial score (nSPS) is 47.4. The number of rotatable bonds is 1. The SMILES string of the molecule is NC1(C(=O)O)CC2CCCC(C1)S2=O. The smallest absolute Gasteiger partial charge is 0.323 e. The molecule has 2 saturated heterocycles. The minimum atomic E-state index is -1.12. The third kappa shape index (κ3) is 1.48. The maximum absolute atomic E-state index is 11.8. The zero-order valence-electron chi connectivity index (χ0n) is 7.94. The van der Waals surface area contributed by atoms with Crippen LogP contribution in [0.3, 0.4) is 0 Å². The Morgan fingerprint density at radius 2 is 1.86 bits per heavy atom. The predicted octanol–water partition coefficient (Wildman–Crippen LogP) is 0.232. The Morgan fingerprint density at radius 3 is 2.29 bits per heavy atom. The number of carboxylic acids is 1. The van der Waals surface area contributed by atoms with Gasteiger partial charge in [-0.2, -0.15) is 0 Å². The first-order chi connectivity index (χ1) is 6.53. The van der Waals surface area contributed by atoms with E-state index in [0.717, 1.165) is 19.3 Å². The van der Waals surface area contributed by atoms with Gasteiger partial charge in [0.1, 0.15) is 5.54 Å². The van der Waals surface area contributed by atoms with E-state index in [-0.39, 0.29) is 10.5 Å². The molecule has 0 aromatic carbocycles. The van der Waals surface area contributed by atoms with Crippen molar-refractivity contribution in [1.29, 1.82) is 0 Å². The molecule has 2 atom stereocenters. The minimum absolute atomic E-state index is 0.0172. The van der Waals surface area contributed by atoms with Crippen LogP contribution in [0.25, 0.3) is 0 Å². The summed E-state index contributed by atoms with van der Waals surface area (Å²) >= 11 is 0. The number of hydrogen-bond acceptors (Lipinski definition) is 3. The van der Waals surface area contributed by atoms with Gasteiger partial charge in [-0.3, -0.25) is 9.00 Å².